The molecule has 0 fully saturated rings. The Bertz CT molecular complexity index is 753. The molecule has 0 saturated heterocycles. The Hall–Kier alpha value is -2.63. The lowest BCUT2D eigenvalue weighted by Gasteiger charge is -2.31. The van der Waals surface area contributed by atoms with E-state index in [9.17, 15) is 9.59 Å². The average Bonchev–Trinajstić information content (AvgIpc) is 3.05. The van der Waals surface area contributed by atoms with Gasteiger partial charge < -0.3 is 10.6 Å². The van der Waals surface area contributed by atoms with Gasteiger partial charge in [0.2, 0.25) is 0 Å². The molecule has 0 bridgehead atoms. The minimum atomic E-state index is -0.666. The van der Waals surface area contributed by atoms with Gasteiger partial charge in [-0.15, -0.1) is 0 Å². The van der Waals surface area contributed by atoms with Crippen molar-refractivity contribution in [2.75, 3.05) is 5.32 Å². The Morgan fingerprint density at radius 2 is 2.08 bits per heavy atom. The number of nitrogens with one attached hydrogen (secondary N) is 2. The summed E-state index contributed by atoms with van der Waals surface area (Å²) < 4.78 is 1.69. The Kier molecular flexibility index (Phi) is 4.64. The third-order valence-electron chi connectivity index (χ3n) is 4.54. The standard InChI is InChI=1S/C18H22N4O2/c1-3-22-11-14(10-19-22)20-17(23)18(24)21-16-12(2)8-9-13-6-4-5-7-15(13)16/h4-7,10-12,16H,3,8-9H2,1-2H3,(H,20,23)(H,21,24)/t12-,16+/m0/s1. The van der Waals surface area contributed by atoms with Crippen LogP contribution in [0.4, 0.5) is 5.69 Å². The molecular formula is C18H22N4O2. The summed E-state index contributed by atoms with van der Waals surface area (Å²) in [6.45, 7) is 4.76. The molecule has 0 radical (unpaired) electrons. The number of hydrogen-bond donors (Lipinski definition) is 2. The number of nitrogens with zero attached hydrogens (tertiary/aromatic N) is 2. The van der Waals surface area contributed by atoms with Crippen LogP contribution in [0.5, 0.6) is 0 Å². The van der Waals surface area contributed by atoms with Crippen LogP contribution in [-0.4, -0.2) is 21.6 Å². The van der Waals surface area contributed by atoms with Gasteiger partial charge >= 0.3 is 11.8 Å². The SMILES string of the molecule is CCn1cc(NC(=O)C(=O)N[C@H]2c3ccccc3CC[C@@H]2C)cn1. The van der Waals surface area contributed by atoms with E-state index in [0.29, 0.717) is 18.2 Å². The highest BCUT2D eigenvalue weighted by atomic mass is 16.2. The molecule has 3 rings (SSSR count). The second-order valence-corrected chi connectivity index (χ2v) is 6.20. The zero-order valence-corrected chi connectivity index (χ0v) is 14.0. The fourth-order valence-electron chi connectivity index (χ4n) is 3.14. The van der Waals surface area contributed by atoms with Gasteiger partial charge in [-0.1, -0.05) is 31.2 Å². The number of hydrogen-bond acceptors (Lipinski definition) is 3. The van der Waals surface area contributed by atoms with Crippen molar-refractivity contribution in [3.63, 3.8) is 0 Å². The van der Waals surface area contributed by atoms with Crippen molar-refractivity contribution in [3.8, 4) is 0 Å². The van der Waals surface area contributed by atoms with Crippen molar-refractivity contribution in [2.24, 2.45) is 5.92 Å². The smallest absolute Gasteiger partial charge is 0.313 e. The number of anilines is 1. The number of carbonyl (C=O) groups excluding carboxylic acids is 2. The fraction of sp³-hybridized carbons (Fsp3) is 0.389. The van der Waals surface area contributed by atoms with E-state index in [4.69, 9.17) is 0 Å². The van der Waals surface area contributed by atoms with Gasteiger partial charge in [0.1, 0.15) is 0 Å². The summed E-state index contributed by atoms with van der Waals surface area (Å²) in [4.78, 5) is 24.4. The van der Waals surface area contributed by atoms with Crippen molar-refractivity contribution < 1.29 is 9.59 Å². The van der Waals surface area contributed by atoms with E-state index in [2.05, 4.69) is 28.7 Å². The molecule has 24 heavy (non-hydrogen) atoms. The molecule has 1 heterocycles. The number of fused-ring (bicyclic) bond motifs is 1. The Morgan fingerprint density at radius 1 is 1.29 bits per heavy atom. The molecular weight excluding hydrogens is 304 g/mol. The molecule has 1 aromatic heterocycles. The van der Waals surface area contributed by atoms with Gasteiger partial charge in [0.25, 0.3) is 0 Å². The molecule has 0 unspecified atom stereocenters. The van der Waals surface area contributed by atoms with Crippen molar-refractivity contribution in [3.05, 3.63) is 47.8 Å². The van der Waals surface area contributed by atoms with Crippen LogP contribution in [0.25, 0.3) is 0 Å². The lowest BCUT2D eigenvalue weighted by Crippen LogP contribution is -2.41. The van der Waals surface area contributed by atoms with Crippen LogP contribution in [0.3, 0.4) is 0 Å². The Morgan fingerprint density at radius 3 is 2.83 bits per heavy atom. The molecule has 6 heteroatoms. The molecule has 126 valence electrons. The number of benzene rings is 1. The molecule has 0 saturated carbocycles. The highest BCUT2D eigenvalue weighted by Gasteiger charge is 2.29. The lowest BCUT2D eigenvalue weighted by molar-refractivity contribution is -0.136. The van der Waals surface area contributed by atoms with Gasteiger partial charge in [-0.25, -0.2) is 0 Å². The minimum Gasteiger partial charge on any atom is -0.341 e. The molecule has 2 amide bonds. The first-order valence-electron chi connectivity index (χ1n) is 8.30. The first-order chi connectivity index (χ1) is 11.6. The van der Waals surface area contributed by atoms with E-state index < -0.39 is 11.8 Å². The Labute approximate surface area is 141 Å². The number of rotatable bonds is 3. The van der Waals surface area contributed by atoms with E-state index in [-0.39, 0.29) is 6.04 Å². The summed E-state index contributed by atoms with van der Waals surface area (Å²) in [6.07, 6.45) is 5.23. The van der Waals surface area contributed by atoms with E-state index in [1.54, 1.807) is 10.9 Å². The van der Waals surface area contributed by atoms with E-state index in [1.807, 2.05) is 25.1 Å². The molecule has 1 aromatic carbocycles. The molecule has 6 nitrogen and oxygen atoms in total. The average molecular weight is 326 g/mol. The van der Waals surface area contributed by atoms with Gasteiger partial charge in [-0.2, -0.15) is 5.10 Å². The molecule has 1 aliphatic carbocycles. The quantitative estimate of drug-likeness (QED) is 0.850. The largest absolute Gasteiger partial charge is 0.341 e. The van der Waals surface area contributed by atoms with Gasteiger partial charge in [0.15, 0.2) is 0 Å². The number of aromatic nitrogens is 2. The monoisotopic (exact) mass is 326 g/mol. The lowest BCUT2D eigenvalue weighted by atomic mass is 9.80. The van der Waals surface area contributed by atoms with Crippen LogP contribution in [0.2, 0.25) is 0 Å². The van der Waals surface area contributed by atoms with Crippen molar-refractivity contribution in [1.82, 2.24) is 15.1 Å². The van der Waals surface area contributed by atoms with Crippen molar-refractivity contribution >= 4 is 17.5 Å². The van der Waals surface area contributed by atoms with Gasteiger partial charge in [0.05, 0.1) is 17.9 Å². The van der Waals surface area contributed by atoms with Gasteiger partial charge in [-0.05, 0) is 36.8 Å². The summed E-state index contributed by atoms with van der Waals surface area (Å²) in [5, 5.41) is 9.55. The minimum absolute atomic E-state index is 0.133. The topological polar surface area (TPSA) is 76.0 Å². The van der Waals surface area contributed by atoms with E-state index in [1.165, 1.54) is 11.8 Å². The number of amides is 2. The molecule has 2 N–H and O–H groups in total. The highest BCUT2D eigenvalue weighted by Crippen LogP contribution is 2.33. The Balaban J connectivity index is 1.68. The van der Waals surface area contributed by atoms with Crippen LogP contribution in [0.1, 0.15) is 37.4 Å². The van der Waals surface area contributed by atoms with Crippen molar-refractivity contribution in [1.29, 1.82) is 0 Å². The van der Waals surface area contributed by atoms with E-state index in [0.717, 1.165) is 18.4 Å². The maximum Gasteiger partial charge on any atom is 0.313 e. The summed E-state index contributed by atoms with van der Waals surface area (Å²) in [5.41, 5.74) is 2.87. The zero-order chi connectivity index (χ0) is 17.1. The normalized spacial score (nSPS) is 19.4. The van der Waals surface area contributed by atoms with Crippen LogP contribution >= 0.6 is 0 Å². The predicted molar refractivity (Wildman–Crippen MR) is 91.3 cm³/mol. The first kappa shape index (κ1) is 16.2. The first-order valence-corrected chi connectivity index (χ1v) is 8.30. The van der Waals surface area contributed by atoms with E-state index >= 15 is 0 Å². The number of carbonyl (C=O) groups is 2. The molecule has 2 aromatic rings. The van der Waals surface area contributed by atoms with Crippen LogP contribution in [0, 0.1) is 5.92 Å². The second kappa shape index (κ2) is 6.86. The zero-order valence-electron chi connectivity index (χ0n) is 14.0. The predicted octanol–water partition coefficient (Wildman–Crippen LogP) is 2.28. The van der Waals surface area contributed by atoms with Crippen molar-refractivity contribution in [2.45, 2.75) is 39.3 Å². The molecule has 0 aliphatic heterocycles. The van der Waals surface area contributed by atoms with Crippen LogP contribution in [-0.2, 0) is 22.6 Å². The van der Waals surface area contributed by atoms with Crippen LogP contribution < -0.4 is 10.6 Å². The second-order valence-electron chi connectivity index (χ2n) is 6.20. The summed E-state index contributed by atoms with van der Waals surface area (Å²) in [5.74, 6) is -0.992. The summed E-state index contributed by atoms with van der Waals surface area (Å²) >= 11 is 0. The summed E-state index contributed by atoms with van der Waals surface area (Å²) in [7, 11) is 0. The maximum absolute atomic E-state index is 12.3. The summed E-state index contributed by atoms with van der Waals surface area (Å²) in [6, 6.07) is 7.95. The third-order valence-corrected chi connectivity index (χ3v) is 4.54. The van der Waals surface area contributed by atoms with Crippen LogP contribution in [0.15, 0.2) is 36.7 Å². The molecule has 2 atom stereocenters. The maximum atomic E-state index is 12.3. The van der Waals surface area contributed by atoms with Gasteiger partial charge in [0, 0.05) is 12.7 Å². The molecule has 1 aliphatic rings. The highest BCUT2D eigenvalue weighted by molar-refractivity contribution is 6.39. The molecule has 0 spiro atoms. The third kappa shape index (κ3) is 3.32. The fourth-order valence-corrected chi connectivity index (χ4v) is 3.14. The number of aryl methyl sites for hydroxylation is 2. The van der Waals surface area contributed by atoms with Gasteiger partial charge in [-0.3, -0.25) is 14.3 Å².